The number of pyridine rings is 1. The third-order valence-corrected chi connectivity index (χ3v) is 10.4. The molecule has 1 fully saturated rings. The number of fused-ring (bicyclic) bond motifs is 4. The van der Waals surface area contributed by atoms with Crippen LogP contribution in [-0.2, 0) is 45.5 Å². The van der Waals surface area contributed by atoms with Crippen LogP contribution in [0.3, 0.4) is 0 Å². The average molecular weight is 809 g/mol. The molecule has 2 aliphatic carbocycles. The van der Waals surface area contributed by atoms with Gasteiger partial charge in [0.05, 0.1) is 45.3 Å². The Labute approximate surface area is 314 Å². The fourth-order valence-electron chi connectivity index (χ4n) is 7.40. The highest BCUT2D eigenvalue weighted by Crippen LogP contribution is 2.68. The number of rotatable bonds is 11. The molecule has 290 valence electrons. The third-order valence-electron chi connectivity index (χ3n) is 9.55. The molecule has 2 amide bonds. The van der Waals surface area contributed by atoms with Gasteiger partial charge in [0.15, 0.2) is 5.82 Å². The number of hydrogen-bond donors (Lipinski definition) is 3. The summed E-state index contributed by atoms with van der Waals surface area (Å²) in [5, 5.41) is 13.7. The van der Waals surface area contributed by atoms with Gasteiger partial charge in [0, 0.05) is 42.6 Å². The van der Waals surface area contributed by atoms with Gasteiger partial charge in [0.1, 0.15) is 29.6 Å². The van der Waals surface area contributed by atoms with Crippen LogP contribution in [0.2, 0.25) is 5.02 Å². The molecule has 55 heavy (non-hydrogen) atoms. The predicted molar refractivity (Wildman–Crippen MR) is 189 cm³/mol. The van der Waals surface area contributed by atoms with E-state index in [4.69, 9.17) is 16.6 Å². The molecule has 2 aromatic carbocycles. The van der Waals surface area contributed by atoms with E-state index >= 15 is 8.78 Å². The first kappa shape index (κ1) is 38.1. The predicted octanol–water partition coefficient (Wildman–Crippen LogP) is 6.65. The monoisotopic (exact) mass is 808 g/mol. The summed E-state index contributed by atoms with van der Waals surface area (Å²) in [4.78, 5) is 30.8. The molecule has 3 heterocycles. The SMILES string of the molecule is CC(=O)Nc1cc(-c2ccc(Cl)c3c(NS(C)(=O)=O)nn(C)c23)c([C@H](Cc2cc(F)cc(F)c2)NC(=O)Cn2nc(C(F)F)c3c2C(F)(F)[C@@H]2C[C@H]32)nc1C. The smallest absolute Gasteiger partial charge is 0.293 e. The zero-order valence-corrected chi connectivity index (χ0v) is 30.9. The Kier molecular flexibility index (Phi) is 9.38. The number of carbonyl (C=O) groups excluding carboxylic acids is 2. The Hall–Kier alpha value is -5.17. The second-order valence-electron chi connectivity index (χ2n) is 13.7. The third kappa shape index (κ3) is 7.10. The van der Waals surface area contributed by atoms with E-state index in [1.165, 1.54) is 30.8 Å². The summed E-state index contributed by atoms with van der Waals surface area (Å²) in [7, 11) is -2.33. The minimum atomic E-state index is -3.84. The molecule has 7 rings (SSSR count). The van der Waals surface area contributed by atoms with Crippen LogP contribution in [0.1, 0.15) is 65.6 Å². The number of aryl methyl sites for hydroxylation is 2. The first-order valence-corrected chi connectivity index (χ1v) is 18.9. The number of anilines is 2. The van der Waals surface area contributed by atoms with Crippen LogP contribution in [0, 0.1) is 24.5 Å². The Balaban J connectivity index is 1.39. The number of alkyl halides is 4. The zero-order chi connectivity index (χ0) is 39.9. The van der Waals surface area contributed by atoms with E-state index in [1.54, 1.807) is 13.0 Å². The first-order valence-electron chi connectivity index (χ1n) is 16.7. The number of nitrogens with zero attached hydrogens (tertiary/aromatic N) is 5. The maximum atomic E-state index is 15.3. The van der Waals surface area contributed by atoms with E-state index < -0.39 is 81.6 Å². The summed E-state index contributed by atoms with van der Waals surface area (Å²) >= 11 is 6.57. The lowest BCUT2D eigenvalue weighted by molar-refractivity contribution is -0.123. The second kappa shape index (κ2) is 13.5. The molecule has 0 spiro atoms. The minimum absolute atomic E-state index is 0.0204. The van der Waals surface area contributed by atoms with Crippen LogP contribution in [-0.4, -0.2) is 51.0 Å². The lowest BCUT2D eigenvalue weighted by atomic mass is 9.93. The van der Waals surface area contributed by atoms with Crippen molar-refractivity contribution >= 4 is 55.8 Å². The van der Waals surface area contributed by atoms with Crippen molar-refractivity contribution in [3.05, 3.63) is 87.0 Å². The van der Waals surface area contributed by atoms with Crippen molar-refractivity contribution in [3.8, 4) is 11.1 Å². The number of nitrogens with one attached hydrogen (secondary N) is 3. The molecule has 0 radical (unpaired) electrons. The molecule has 1 saturated carbocycles. The molecule has 0 unspecified atom stereocenters. The standard InChI is InChI=1S/C35H31ClF6N8O4S/c1-14-24(44-15(2)51)12-20(19-5-6-23(36)28-31(19)49(3)47-34(28)48-55(4,53)54)29(43-14)25(9-16-7-17(37)10-18(38)8-16)45-26(52)13-50-32-27(30(46-50)33(39)40)21-11-22(21)35(32,41)42/h5-8,10,12,21-22,25,33H,9,11,13H2,1-4H3,(H,44,51)(H,45,52)(H,47,48)/t21-,22+,25-/m0/s1. The molecule has 2 aliphatic rings. The molecular weight excluding hydrogens is 778 g/mol. The maximum absolute atomic E-state index is 15.3. The average Bonchev–Trinajstić information content (AvgIpc) is 3.60. The normalized spacial score (nSPS) is 17.6. The van der Waals surface area contributed by atoms with Gasteiger partial charge in [0.25, 0.3) is 12.3 Å². The van der Waals surface area contributed by atoms with E-state index in [2.05, 4.69) is 25.6 Å². The van der Waals surface area contributed by atoms with Gasteiger partial charge < -0.3 is 10.6 Å². The van der Waals surface area contributed by atoms with Gasteiger partial charge in [0.2, 0.25) is 21.8 Å². The van der Waals surface area contributed by atoms with Gasteiger partial charge in [-0.25, -0.2) is 26.0 Å². The van der Waals surface area contributed by atoms with Crippen LogP contribution in [0.25, 0.3) is 22.0 Å². The zero-order valence-electron chi connectivity index (χ0n) is 29.3. The highest BCUT2D eigenvalue weighted by molar-refractivity contribution is 7.92. The molecule has 12 nitrogen and oxygen atoms in total. The molecule has 3 N–H and O–H groups in total. The number of hydrogen-bond acceptors (Lipinski definition) is 7. The molecule has 0 aliphatic heterocycles. The summed E-state index contributed by atoms with van der Waals surface area (Å²) in [5.74, 6) is -8.88. The Morgan fingerprint density at radius 1 is 1.05 bits per heavy atom. The van der Waals surface area contributed by atoms with Crippen LogP contribution in [0.5, 0.6) is 0 Å². The highest BCUT2D eigenvalue weighted by Gasteiger charge is 2.67. The number of benzene rings is 2. The van der Waals surface area contributed by atoms with Crippen molar-refractivity contribution in [3.63, 3.8) is 0 Å². The number of amides is 2. The lowest BCUT2D eigenvalue weighted by Crippen LogP contribution is -2.35. The van der Waals surface area contributed by atoms with Crippen molar-refractivity contribution in [2.75, 3.05) is 16.3 Å². The molecule has 0 bridgehead atoms. The van der Waals surface area contributed by atoms with Crippen molar-refractivity contribution < 1.29 is 44.3 Å². The van der Waals surface area contributed by atoms with E-state index in [-0.39, 0.29) is 68.4 Å². The highest BCUT2D eigenvalue weighted by atomic mass is 35.5. The van der Waals surface area contributed by atoms with Crippen molar-refractivity contribution in [1.29, 1.82) is 0 Å². The van der Waals surface area contributed by atoms with Gasteiger partial charge in [-0.2, -0.15) is 19.0 Å². The van der Waals surface area contributed by atoms with Crippen LogP contribution < -0.4 is 15.4 Å². The summed E-state index contributed by atoms with van der Waals surface area (Å²) in [5.41, 5.74) is -0.489. The number of sulfonamides is 1. The molecule has 0 saturated heterocycles. The molecule has 3 atom stereocenters. The fourth-order valence-corrected chi connectivity index (χ4v) is 8.13. The number of aromatic nitrogens is 5. The van der Waals surface area contributed by atoms with Crippen LogP contribution in [0.15, 0.2) is 36.4 Å². The molecular formula is C35H31ClF6N8O4S. The maximum Gasteiger partial charge on any atom is 0.293 e. The van der Waals surface area contributed by atoms with Crippen LogP contribution >= 0.6 is 11.6 Å². The summed E-state index contributed by atoms with van der Waals surface area (Å²) in [6, 6.07) is 5.91. The first-order chi connectivity index (χ1) is 25.7. The summed E-state index contributed by atoms with van der Waals surface area (Å²) < 4.78 is 116. The second-order valence-corrected chi connectivity index (χ2v) is 15.8. The lowest BCUT2D eigenvalue weighted by Gasteiger charge is -2.24. The largest absolute Gasteiger partial charge is 0.346 e. The Morgan fingerprint density at radius 2 is 1.75 bits per heavy atom. The van der Waals surface area contributed by atoms with E-state index in [0.29, 0.717) is 16.3 Å². The van der Waals surface area contributed by atoms with Gasteiger partial charge in [-0.3, -0.25) is 28.7 Å². The summed E-state index contributed by atoms with van der Waals surface area (Å²) in [6.45, 7) is 1.89. The van der Waals surface area contributed by atoms with Gasteiger partial charge >= 0.3 is 0 Å². The molecule has 20 heteroatoms. The van der Waals surface area contributed by atoms with Crippen molar-refractivity contribution in [2.45, 2.75) is 57.5 Å². The number of halogens is 7. The van der Waals surface area contributed by atoms with Crippen LogP contribution in [0.4, 0.5) is 37.8 Å². The molecule has 3 aromatic heterocycles. The van der Waals surface area contributed by atoms with Crippen molar-refractivity contribution in [1.82, 2.24) is 29.9 Å². The van der Waals surface area contributed by atoms with Gasteiger partial charge in [-0.1, -0.05) is 17.7 Å². The fraction of sp³-hybridized carbons (Fsp3) is 0.343. The van der Waals surface area contributed by atoms with Crippen molar-refractivity contribution in [2.24, 2.45) is 13.0 Å². The summed E-state index contributed by atoms with van der Waals surface area (Å²) in [6.07, 6.45) is -2.56. The number of carbonyl (C=O) groups is 2. The van der Waals surface area contributed by atoms with E-state index in [0.717, 1.165) is 18.4 Å². The molecule has 5 aromatic rings. The van der Waals surface area contributed by atoms with E-state index in [9.17, 15) is 35.6 Å². The quantitative estimate of drug-likeness (QED) is 0.126. The van der Waals surface area contributed by atoms with E-state index in [1.807, 2.05) is 0 Å². The Bertz CT molecular complexity index is 2520. The van der Waals surface area contributed by atoms with Gasteiger partial charge in [-0.15, -0.1) is 0 Å². The Morgan fingerprint density at radius 3 is 2.38 bits per heavy atom. The van der Waals surface area contributed by atoms with Gasteiger partial charge in [-0.05, 0) is 55.5 Å². The minimum Gasteiger partial charge on any atom is -0.346 e. The topological polar surface area (TPSA) is 153 Å².